The first-order valence-electron chi connectivity index (χ1n) is 13.4. The molecule has 7 nitrogen and oxygen atoms in total. The van der Waals surface area contributed by atoms with Gasteiger partial charge in [0, 0.05) is 31.3 Å². The molecule has 8 heteroatoms. The molecule has 4 rings (SSSR count). The van der Waals surface area contributed by atoms with Gasteiger partial charge in [0.1, 0.15) is 6.29 Å². The molecule has 0 spiro atoms. The van der Waals surface area contributed by atoms with E-state index in [9.17, 15) is 22.8 Å². The van der Waals surface area contributed by atoms with E-state index in [0.717, 1.165) is 23.8 Å². The van der Waals surface area contributed by atoms with E-state index in [1.54, 1.807) is 30.3 Å². The summed E-state index contributed by atoms with van der Waals surface area (Å²) in [6.07, 6.45) is 4.43. The van der Waals surface area contributed by atoms with Gasteiger partial charge in [-0.05, 0) is 72.9 Å². The standard InChI is InChI=1S/C30H37NO6S/c1-20(2)27-12-11-24(18-28(27)38(35,36)26-6-4-5-21(17-26)14-16-32)25-13-15-31(19-25)29(33)22-7-9-23(10-8-22)30(34)37-3/h4-6,11-12,16-18,20,22-23,25H,7-10,13-15,19H2,1-3H3/t22-,23-,25?. The van der Waals surface area contributed by atoms with Crippen molar-refractivity contribution in [2.75, 3.05) is 20.2 Å². The number of amides is 1. The number of rotatable bonds is 8. The third-order valence-corrected chi connectivity index (χ3v) is 9.87. The molecule has 1 heterocycles. The van der Waals surface area contributed by atoms with Crippen molar-refractivity contribution in [3.8, 4) is 0 Å². The smallest absolute Gasteiger partial charge is 0.308 e. The van der Waals surface area contributed by atoms with Crippen LogP contribution < -0.4 is 0 Å². The normalized spacial score (nSPS) is 21.9. The van der Waals surface area contributed by atoms with Crippen LogP contribution in [-0.4, -0.2) is 51.7 Å². The maximum absolute atomic E-state index is 13.8. The van der Waals surface area contributed by atoms with E-state index in [-0.39, 0.29) is 46.9 Å². The summed E-state index contributed by atoms with van der Waals surface area (Å²) >= 11 is 0. The van der Waals surface area contributed by atoms with Gasteiger partial charge in [-0.2, -0.15) is 0 Å². The Morgan fingerprint density at radius 2 is 1.74 bits per heavy atom. The number of sulfone groups is 1. The zero-order chi connectivity index (χ0) is 27.4. The number of methoxy groups -OCH3 is 1. The highest BCUT2D eigenvalue weighted by atomic mass is 32.2. The Kier molecular flexibility index (Phi) is 8.71. The van der Waals surface area contributed by atoms with Crippen molar-refractivity contribution >= 4 is 28.0 Å². The molecule has 0 aromatic heterocycles. The predicted octanol–water partition coefficient (Wildman–Crippen LogP) is 4.68. The Labute approximate surface area is 225 Å². The van der Waals surface area contributed by atoms with E-state index in [4.69, 9.17) is 4.74 Å². The van der Waals surface area contributed by atoms with Gasteiger partial charge in [0.25, 0.3) is 0 Å². The maximum Gasteiger partial charge on any atom is 0.308 e. The average Bonchev–Trinajstić information content (AvgIpc) is 3.42. The van der Waals surface area contributed by atoms with E-state index >= 15 is 0 Å². The summed E-state index contributed by atoms with van der Waals surface area (Å²) in [6, 6.07) is 12.3. The Balaban J connectivity index is 1.53. The molecule has 204 valence electrons. The highest BCUT2D eigenvalue weighted by molar-refractivity contribution is 7.91. The van der Waals surface area contributed by atoms with E-state index in [0.29, 0.717) is 49.2 Å². The molecule has 2 aromatic rings. The van der Waals surface area contributed by atoms with Crippen molar-refractivity contribution in [1.82, 2.24) is 4.90 Å². The van der Waals surface area contributed by atoms with Crippen LogP contribution in [0.2, 0.25) is 0 Å². The van der Waals surface area contributed by atoms with Crippen molar-refractivity contribution in [2.24, 2.45) is 11.8 Å². The number of likely N-dealkylation sites (tertiary alicyclic amines) is 1. The van der Waals surface area contributed by atoms with Crippen LogP contribution in [0.5, 0.6) is 0 Å². The second-order valence-electron chi connectivity index (χ2n) is 10.8. The fourth-order valence-corrected chi connectivity index (χ4v) is 7.53. The number of carbonyl (C=O) groups excluding carboxylic acids is 3. The Bertz CT molecular complexity index is 1290. The van der Waals surface area contributed by atoms with Crippen molar-refractivity contribution in [3.05, 3.63) is 59.2 Å². The zero-order valence-electron chi connectivity index (χ0n) is 22.4. The van der Waals surface area contributed by atoms with Crippen LogP contribution in [0.25, 0.3) is 0 Å². The van der Waals surface area contributed by atoms with Crippen LogP contribution in [0.3, 0.4) is 0 Å². The van der Waals surface area contributed by atoms with Crippen LogP contribution in [0.15, 0.2) is 52.3 Å². The van der Waals surface area contributed by atoms with Crippen LogP contribution >= 0.6 is 0 Å². The monoisotopic (exact) mass is 539 g/mol. The molecule has 0 bridgehead atoms. The molecule has 2 aromatic carbocycles. The largest absolute Gasteiger partial charge is 0.469 e. The molecule has 2 aliphatic rings. The molecule has 1 aliphatic heterocycles. The van der Waals surface area contributed by atoms with Crippen LogP contribution in [0.1, 0.15) is 74.5 Å². The number of ether oxygens (including phenoxy) is 1. The Hall–Kier alpha value is -3.00. The number of nitrogens with zero attached hydrogens (tertiary/aromatic N) is 1. The lowest BCUT2D eigenvalue weighted by Gasteiger charge is -2.29. The SMILES string of the molecule is COC(=O)[C@H]1CC[C@H](C(=O)N2CCC(c3ccc(C(C)C)c(S(=O)(=O)c4cccc(CC=O)c4)c3)C2)CC1. The fourth-order valence-electron chi connectivity index (χ4n) is 5.81. The lowest BCUT2D eigenvalue weighted by Crippen LogP contribution is -2.37. The van der Waals surface area contributed by atoms with Gasteiger partial charge in [-0.15, -0.1) is 0 Å². The van der Waals surface area contributed by atoms with Gasteiger partial charge >= 0.3 is 5.97 Å². The van der Waals surface area contributed by atoms with Gasteiger partial charge in [-0.1, -0.05) is 38.1 Å². The number of hydrogen-bond acceptors (Lipinski definition) is 6. The molecule has 1 aliphatic carbocycles. The lowest BCUT2D eigenvalue weighted by molar-refractivity contribution is -0.148. The molecule has 38 heavy (non-hydrogen) atoms. The molecular weight excluding hydrogens is 502 g/mol. The third-order valence-electron chi connectivity index (χ3n) is 8.06. The number of aldehydes is 1. The van der Waals surface area contributed by atoms with E-state index in [2.05, 4.69) is 0 Å². The van der Waals surface area contributed by atoms with E-state index in [1.807, 2.05) is 30.9 Å². The molecule has 1 amide bonds. The summed E-state index contributed by atoms with van der Waals surface area (Å²) in [4.78, 5) is 38.4. The summed E-state index contributed by atoms with van der Waals surface area (Å²) in [5.41, 5.74) is 2.33. The molecule has 1 unspecified atom stereocenters. The first-order valence-corrected chi connectivity index (χ1v) is 14.9. The lowest BCUT2D eigenvalue weighted by atomic mass is 9.81. The number of esters is 1. The molecular formula is C30H37NO6S. The van der Waals surface area contributed by atoms with Crippen LogP contribution in [-0.2, 0) is 35.4 Å². The highest BCUT2D eigenvalue weighted by Crippen LogP contribution is 2.37. The van der Waals surface area contributed by atoms with Gasteiger partial charge < -0.3 is 14.4 Å². The first kappa shape index (κ1) is 28.0. The minimum atomic E-state index is -3.80. The first-order chi connectivity index (χ1) is 18.1. The Morgan fingerprint density at radius 1 is 1.03 bits per heavy atom. The van der Waals surface area contributed by atoms with Gasteiger partial charge in [0.15, 0.2) is 0 Å². The number of benzene rings is 2. The third kappa shape index (κ3) is 5.85. The molecule has 1 saturated carbocycles. The van der Waals surface area contributed by atoms with Crippen molar-refractivity contribution in [1.29, 1.82) is 0 Å². The molecule has 0 N–H and O–H groups in total. The average molecular weight is 540 g/mol. The predicted molar refractivity (Wildman–Crippen MR) is 144 cm³/mol. The second-order valence-corrected chi connectivity index (χ2v) is 12.7. The van der Waals surface area contributed by atoms with Crippen molar-refractivity contribution in [3.63, 3.8) is 0 Å². The zero-order valence-corrected chi connectivity index (χ0v) is 23.2. The topological polar surface area (TPSA) is 97.8 Å². The van der Waals surface area contributed by atoms with Gasteiger partial charge in [-0.3, -0.25) is 9.59 Å². The summed E-state index contributed by atoms with van der Waals surface area (Å²) in [7, 11) is -2.40. The van der Waals surface area contributed by atoms with Gasteiger partial charge in [0.05, 0.1) is 22.8 Å². The van der Waals surface area contributed by atoms with Gasteiger partial charge in [-0.25, -0.2) is 8.42 Å². The van der Waals surface area contributed by atoms with Gasteiger partial charge in [0.2, 0.25) is 15.7 Å². The second kappa shape index (κ2) is 11.8. The van der Waals surface area contributed by atoms with Crippen molar-refractivity contribution < 1.29 is 27.5 Å². The minimum absolute atomic E-state index is 0.00811. The fraction of sp³-hybridized carbons (Fsp3) is 0.500. The summed E-state index contributed by atoms with van der Waals surface area (Å²) < 4.78 is 32.4. The molecule has 0 radical (unpaired) electrons. The number of hydrogen-bond donors (Lipinski definition) is 0. The van der Waals surface area contributed by atoms with Crippen LogP contribution in [0.4, 0.5) is 0 Å². The summed E-state index contributed by atoms with van der Waals surface area (Å²) in [5.74, 6) is -0.185. The Morgan fingerprint density at radius 3 is 2.39 bits per heavy atom. The molecule has 2 fully saturated rings. The summed E-state index contributed by atoms with van der Waals surface area (Å²) in [5, 5.41) is 0. The van der Waals surface area contributed by atoms with E-state index < -0.39 is 9.84 Å². The molecule has 1 saturated heterocycles. The van der Waals surface area contributed by atoms with Crippen LogP contribution in [0, 0.1) is 11.8 Å². The quantitative estimate of drug-likeness (QED) is 0.357. The van der Waals surface area contributed by atoms with Crippen molar-refractivity contribution in [2.45, 2.75) is 74.0 Å². The van der Waals surface area contributed by atoms with E-state index in [1.165, 1.54) is 7.11 Å². The number of carbonyl (C=O) groups is 3. The maximum atomic E-state index is 13.8. The summed E-state index contributed by atoms with van der Waals surface area (Å²) in [6.45, 7) is 5.15. The molecule has 1 atom stereocenters. The minimum Gasteiger partial charge on any atom is -0.469 e. The highest BCUT2D eigenvalue weighted by Gasteiger charge is 2.36.